The molecule has 0 saturated carbocycles. The minimum Gasteiger partial charge on any atom is -0.398 e. The van der Waals surface area contributed by atoms with Crippen LogP contribution in [0.25, 0.3) is 10.9 Å². The first kappa shape index (κ1) is 13.4. The Labute approximate surface area is 130 Å². The fourth-order valence-electron chi connectivity index (χ4n) is 2.17. The first-order valence-corrected chi connectivity index (χ1v) is 7.96. The van der Waals surface area contributed by atoms with Crippen molar-refractivity contribution in [2.45, 2.75) is 13.0 Å². The average molecular weight is 348 g/mol. The lowest BCUT2D eigenvalue weighted by Crippen LogP contribution is -2.06. The molecular weight excluding hydrogens is 334 g/mol. The zero-order valence-corrected chi connectivity index (χ0v) is 13.3. The number of hydrogen-bond acceptors (Lipinski definition) is 4. The van der Waals surface area contributed by atoms with Crippen LogP contribution in [0, 0.1) is 0 Å². The van der Waals surface area contributed by atoms with Gasteiger partial charge in [0, 0.05) is 26.6 Å². The Kier molecular flexibility index (Phi) is 3.63. The highest BCUT2D eigenvalue weighted by Gasteiger charge is 2.11. The Morgan fingerprint density at radius 1 is 1.35 bits per heavy atom. The third kappa shape index (κ3) is 2.51. The van der Waals surface area contributed by atoms with Gasteiger partial charge in [0.05, 0.1) is 17.2 Å². The summed E-state index contributed by atoms with van der Waals surface area (Å²) in [6, 6.07) is 10.3. The number of nitrogens with zero attached hydrogens (tertiary/aromatic N) is 1. The van der Waals surface area contributed by atoms with Crippen molar-refractivity contribution < 1.29 is 0 Å². The summed E-state index contributed by atoms with van der Waals surface area (Å²) in [7, 11) is 0. The van der Waals surface area contributed by atoms with Gasteiger partial charge in [-0.2, -0.15) is 0 Å². The first-order valence-electron chi connectivity index (χ1n) is 6.29. The van der Waals surface area contributed by atoms with E-state index in [4.69, 9.17) is 5.73 Å². The molecule has 0 saturated heterocycles. The van der Waals surface area contributed by atoms with Crippen LogP contribution in [-0.2, 0) is 0 Å². The van der Waals surface area contributed by atoms with Gasteiger partial charge in [0.25, 0.3) is 0 Å². The minimum atomic E-state index is 0.243. The van der Waals surface area contributed by atoms with E-state index in [-0.39, 0.29) is 6.04 Å². The fourth-order valence-corrected chi connectivity index (χ4v) is 3.24. The highest BCUT2D eigenvalue weighted by Crippen LogP contribution is 2.31. The molecule has 2 heterocycles. The van der Waals surface area contributed by atoms with Gasteiger partial charge in [0.1, 0.15) is 0 Å². The Bertz CT molecular complexity index is 740. The largest absolute Gasteiger partial charge is 0.398 e. The molecule has 3 rings (SSSR count). The highest BCUT2D eigenvalue weighted by molar-refractivity contribution is 9.10. The van der Waals surface area contributed by atoms with Gasteiger partial charge in [-0.05, 0) is 52.5 Å². The third-order valence-corrected chi connectivity index (χ3v) is 4.68. The van der Waals surface area contributed by atoms with Crippen LogP contribution in [0.3, 0.4) is 0 Å². The van der Waals surface area contributed by atoms with E-state index >= 15 is 0 Å². The number of nitrogens with one attached hydrogen (secondary N) is 1. The number of aromatic nitrogens is 1. The summed E-state index contributed by atoms with van der Waals surface area (Å²) in [4.78, 5) is 5.79. The lowest BCUT2D eigenvalue weighted by Gasteiger charge is -2.16. The predicted molar refractivity (Wildman–Crippen MR) is 90.2 cm³/mol. The number of fused-ring (bicyclic) bond motifs is 1. The molecule has 3 aromatic rings. The van der Waals surface area contributed by atoms with Crippen molar-refractivity contribution in [2.24, 2.45) is 0 Å². The van der Waals surface area contributed by atoms with Crippen molar-refractivity contribution in [2.75, 3.05) is 11.1 Å². The van der Waals surface area contributed by atoms with Gasteiger partial charge in [-0.1, -0.05) is 6.07 Å². The second-order valence-corrected chi connectivity index (χ2v) is 6.53. The normalized spacial score (nSPS) is 12.5. The molecule has 0 bridgehead atoms. The molecular formula is C15H14BrN3S. The summed E-state index contributed by atoms with van der Waals surface area (Å²) in [5.41, 5.74) is 8.67. The van der Waals surface area contributed by atoms with Crippen LogP contribution in [0.5, 0.6) is 0 Å². The number of pyridine rings is 1. The van der Waals surface area contributed by atoms with Crippen LogP contribution in [-0.4, -0.2) is 4.98 Å². The minimum absolute atomic E-state index is 0.243. The summed E-state index contributed by atoms with van der Waals surface area (Å²) < 4.78 is 0.931. The monoisotopic (exact) mass is 347 g/mol. The van der Waals surface area contributed by atoms with Gasteiger partial charge in [0.2, 0.25) is 0 Å². The summed E-state index contributed by atoms with van der Waals surface area (Å²) in [5, 5.41) is 6.56. The number of hydrogen-bond donors (Lipinski definition) is 2. The van der Waals surface area contributed by atoms with Gasteiger partial charge < -0.3 is 11.1 Å². The van der Waals surface area contributed by atoms with E-state index in [9.17, 15) is 0 Å². The second kappa shape index (κ2) is 5.42. The summed E-state index contributed by atoms with van der Waals surface area (Å²) >= 11 is 5.18. The zero-order chi connectivity index (χ0) is 14.1. The Hall–Kier alpha value is -1.59. The van der Waals surface area contributed by atoms with Gasteiger partial charge in [-0.3, -0.25) is 4.98 Å². The molecule has 0 aliphatic heterocycles. The van der Waals surface area contributed by atoms with Crippen molar-refractivity contribution in [1.29, 1.82) is 0 Å². The van der Waals surface area contributed by atoms with E-state index in [0.717, 1.165) is 26.8 Å². The van der Waals surface area contributed by atoms with E-state index in [1.54, 1.807) is 17.5 Å². The van der Waals surface area contributed by atoms with Gasteiger partial charge in [-0.25, -0.2) is 0 Å². The van der Waals surface area contributed by atoms with Crippen molar-refractivity contribution in [3.63, 3.8) is 0 Å². The van der Waals surface area contributed by atoms with Crippen molar-refractivity contribution in [3.05, 3.63) is 51.3 Å². The maximum Gasteiger partial charge on any atom is 0.0954 e. The Balaban J connectivity index is 2.02. The first-order chi connectivity index (χ1) is 9.65. The van der Waals surface area contributed by atoms with Crippen molar-refractivity contribution >= 4 is 49.5 Å². The maximum atomic E-state index is 6.03. The number of nitrogen functional groups attached to an aromatic ring is 1. The molecule has 1 unspecified atom stereocenters. The predicted octanol–water partition coefficient (Wildman–Crippen LogP) is 4.81. The quantitative estimate of drug-likeness (QED) is 0.668. The number of benzene rings is 1. The van der Waals surface area contributed by atoms with E-state index in [0.29, 0.717) is 0 Å². The zero-order valence-electron chi connectivity index (χ0n) is 10.9. The third-order valence-electron chi connectivity index (χ3n) is 3.19. The number of anilines is 2. The average Bonchev–Trinajstić information content (AvgIpc) is 2.96. The molecule has 0 fully saturated rings. The standard InChI is InChI=1S/C15H14BrN3S/c1-9(14-3-2-6-20-14)19-13-5-4-12(17)11-7-10(16)8-18-15(11)13/h2-9,19H,17H2,1H3. The number of rotatable bonds is 3. The second-order valence-electron chi connectivity index (χ2n) is 4.63. The topological polar surface area (TPSA) is 50.9 Å². The van der Waals surface area contributed by atoms with Crippen LogP contribution in [0.1, 0.15) is 17.8 Å². The van der Waals surface area contributed by atoms with Crippen LogP contribution >= 0.6 is 27.3 Å². The molecule has 0 spiro atoms. The maximum absolute atomic E-state index is 6.03. The number of nitrogens with two attached hydrogens (primary N) is 1. The molecule has 3 N–H and O–H groups in total. The molecule has 1 atom stereocenters. The van der Waals surface area contributed by atoms with E-state index in [1.165, 1.54) is 4.88 Å². The molecule has 0 aliphatic carbocycles. The van der Waals surface area contributed by atoms with E-state index in [1.807, 2.05) is 18.2 Å². The number of halogens is 1. The highest BCUT2D eigenvalue weighted by atomic mass is 79.9. The van der Waals surface area contributed by atoms with Gasteiger partial charge in [0.15, 0.2) is 0 Å². The molecule has 0 amide bonds. The number of thiophene rings is 1. The van der Waals surface area contributed by atoms with E-state index < -0.39 is 0 Å². The lowest BCUT2D eigenvalue weighted by atomic mass is 10.1. The van der Waals surface area contributed by atoms with Gasteiger partial charge >= 0.3 is 0 Å². The molecule has 2 aromatic heterocycles. The SMILES string of the molecule is CC(Nc1ccc(N)c2cc(Br)cnc12)c1cccs1. The van der Waals surface area contributed by atoms with Crippen LogP contribution in [0.2, 0.25) is 0 Å². The molecule has 102 valence electrons. The molecule has 0 aliphatic rings. The Morgan fingerprint density at radius 2 is 2.20 bits per heavy atom. The summed E-state index contributed by atoms with van der Waals surface area (Å²) in [5.74, 6) is 0. The van der Waals surface area contributed by atoms with Crippen LogP contribution in [0.15, 0.2) is 46.4 Å². The van der Waals surface area contributed by atoms with Crippen LogP contribution in [0.4, 0.5) is 11.4 Å². The molecule has 1 aromatic carbocycles. The Morgan fingerprint density at radius 3 is 2.95 bits per heavy atom. The molecule has 3 nitrogen and oxygen atoms in total. The fraction of sp³-hybridized carbons (Fsp3) is 0.133. The smallest absolute Gasteiger partial charge is 0.0954 e. The lowest BCUT2D eigenvalue weighted by molar-refractivity contribution is 0.909. The van der Waals surface area contributed by atoms with Crippen LogP contribution < -0.4 is 11.1 Å². The van der Waals surface area contributed by atoms with E-state index in [2.05, 4.69) is 50.7 Å². The summed E-state index contributed by atoms with van der Waals surface area (Å²) in [6.45, 7) is 2.15. The summed E-state index contributed by atoms with van der Waals surface area (Å²) in [6.07, 6.45) is 1.79. The molecule has 5 heteroatoms. The van der Waals surface area contributed by atoms with Crippen molar-refractivity contribution in [1.82, 2.24) is 4.98 Å². The van der Waals surface area contributed by atoms with Gasteiger partial charge in [-0.15, -0.1) is 11.3 Å². The molecule has 20 heavy (non-hydrogen) atoms. The molecule has 0 radical (unpaired) electrons. The van der Waals surface area contributed by atoms with Crippen molar-refractivity contribution in [3.8, 4) is 0 Å².